The predicted molar refractivity (Wildman–Crippen MR) is 46.6 cm³/mol. The van der Waals surface area contributed by atoms with Gasteiger partial charge in [0.1, 0.15) is 11.4 Å². The molecule has 13 heavy (non-hydrogen) atoms. The van der Waals surface area contributed by atoms with E-state index in [9.17, 15) is 4.79 Å². The third-order valence-corrected chi connectivity index (χ3v) is 2.07. The average Bonchev–Trinajstić information content (AvgIpc) is 2.02. The molecule has 68 valence electrons. The lowest BCUT2D eigenvalue weighted by molar-refractivity contribution is -0.0109. The second kappa shape index (κ2) is 2.49. The fourth-order valence-corrected chi connectivity index (χ4v) is 1.43. The number of cyclic esters (lactones) is 1. The quantitative estimate of drug-likeness (QED) is 0.452. The first-order valence-corrected chi connectivity index (χ1v) is 4.10. The smallest absolute Gasteiger partial charge is 0.423 e. The standard InChI is InChI=1S/C10H10O3/c1-10(2)7-5-3-4-6-8(7)12-9(11)13-10/h3-6H,1-2H3. The molecule has 3 nitrogen and oxygen atoms in total. The zero-order valence-corrected chi connectivity index (χ0v) is 7.53. The van der Waals surface area contributed by atoms with Crippen LogP contribution in [0.1, 0.15) is 19.4 Å². The average molecular weight is 178 g/mol. The number of para-hydroxylation sites is 1. The number of ether oxygens (including phenoxy) is 2. The third-order valence-electron chi connectivity index (χ3n) is 2.07. The van der Waals surface area contributed by atoms with E-state index in [0.29, 0.717) is 5.75 Å². The zero-order valence-electron chi connectivity index (χ0n) is 7.53. The maximum atomic E-state index is 11.0. The summed E-state index contributed by atoms with van der Waals surface area (Å²) in [6, 6.07) is 7.37. The van der Waals surface area contributed by atoms with E-state index in [1.165, 1.54) is 0 Å². The molecule has 0 fully saturated rings. The Balaban J connectivity index is 2.56. The van der Waals surface area contributed by atoms with Crippen molar-refractivity contribution >= 4 is 6.16 Å². The van der Waals surface area contributed by atoms with Gasteiger partial charge in [-0.1, -0.05) is 18.2 Å². The van der Waals surface area contributed by atoms with Gasteiger partial charge in [-0.15, -0.1) is 0 Å². The van der Waals surface area contributed by atoms with Gasteiger partial charge in [-0.25, -0.2) is 4.79 Å². The summed E-state index contributed by atoms with van der Waals surface area (Å²) in [7, 11) is 0. The molecular formula is C10H10O3. The molecule has 0 bridgehead atoms. The number of fused-ring (bicyclic) bond motifs is 1. The van der Waals surface area contributed by atoms with Crippen LogP contribution < -0.4 is 4.74 Å². The molecule has 1 aliphatic heterocycles. The minimum atomic E-state index is -0.635. The minimum Gasteiger partial charge on any atom is -0.423 e. The first-order valence-electron chi connectivity index (χ1n) is 4.10. The van der Waals surface area contributed by atoms with Crippen LogP contribution in [0.25, 0.3) is 0 Å². The summed E-state index contributed by atoms with van der Waals surface area (Å²) in [5.74, 6) is 0.587. The van der Waals surface area contributed by atoms with E-state index in [1.54, 1.807) is 6.07 Å². The summed E-state index contributed by atoms with van der Waals surface area (Å²) in [4.78, 5) is 11.0. The van der Waals surface area contributed by atoms with Crippen molar-refractivity contribution < 1.29 is 14.3 Å². The van der Waals surface area contributed by atoms with Gasteiger partial charge < -0.3 is 9.47 Å². The van der Waals surface area contributed by atoms with Gasteiger partial charge in [0.25, 0.3) is 0 Å². The van der Waals surface area contributed by atoms with Crippen molar-refractivity contribution in [3.05, 3.63) is 29.8 Å². The number of hydrogen-bond donors (Lipinski definition) is 0. The van der Waals surface area contributed by atoms with Crippen LogP contribution in [0.3, 0.4) is 0 Å². The lowest BCUT2D eigenvalue weighted by atomic mass is 9.96. The Morgan fingerprint density at radius 3 is 2.69 bits per heavy atom. The Labute approximate surface area is 76.3 Å². The summed E-state index contributed by atoms with van der Waals surface area (Å²) in [6.45, 7) is 3.68. The molecule has 0 amide bonds. The molecule has 1 aromatic carbocycles. The lowest BCUT2D eigenvalue weighted by Crippen LogP contribution is -2.32. The molecule has 0 atom stereocenters. The van der Waals surface area contributed by atoms with Crippen molar-refractivity contribution in [1.82, 2.24) is 0 Å². The number of carbonyl (C=O) groups is 1. The van der Waals surface area contributed by atoms with Crippen LogP contribution in [-0.4, -0.2) is 6.16 Å². The van der Waals surface area contributed by atoms with Gasteiger partial charge in [-0.2, -0.15) is 0 Å². The van der Waals surface area contributed by atoms with Gasteiger partial charge in [-0.3, -0.25) is 0 Å². The Bertz CT molecular complexity index is 355. The molecule has 2 rings (SSSR count). The molecule has 0 unspecified atom stereocenters. The van der Waals surface area contributed by atoms with E-state index in [-0.39, 0.29) is 0 Å². The van der Waals surface area contributed by atoms with Gasteiger partial charge >= 0.3 is 6.16 Å². The molecule has 3 heteroatoms. The second-order valence-corrected chi connectivity index (χ2v) is 3.46. The van der Waals surface area contributed by atoms with Gasteiger partial charge in [0.15, 0.2) is 0 Å². The van der Waals surface area contributed by atoms with Crippen LogP contribution in [0.15, 0.2) is 24.3 Å². The van der Waals surface area contributed by atoms with Crippen LogP contribution in [0.5, 0.6) is 5.75 Å². The maximum Gasteiger partial charge on any atom is 0.514 e. The molecule has 0 saturated heterocycles. The Hall–Kier alpha value is -1.51. The van der Waals surface area contributed by atoms with Gasteiger partial charge in [-0.05, 0) is 19.9 Å². The predicted octanol–water partition coefficient (Wildman–Crippen LogP) is 2.45. The molecule has 1 heterocycles. The van der Waals surface area contributed by atoms with E-state index in [1.807, 2.05) is 32.0 Å². The van der Waals surface area contributed by atoms with Crippen molar-refractivity contribution in [2.45, 2.75) is 19.4 Å². The molecule has 1 aliphatic rings. The zero-order chi connectivity index (χ0) is 9.47. The summed E-state index contributed by atoms with van der Waals surface area (Å²) in [5, 5.41) is 0. The molecule has 0 aromatic heterocycles. The number of hydrogen-bond acceptors (Lipinski definition) is 3. The van der Waals surface area contributed by atoms with Crippen molar-refractivity contribution in [2.24, 2.45) is 0 Å². The van der Waals surface area contributed by atoms with E-state index in [2.05, 4.69) is 0 Å². The van der Waals surface area contributed by atoms with Crippen LogP contribution >= 0.6 is 0 Å². The Morgan fingerprint density at radius 2 is 1.92 bits per heavy atom. The van der Waals surface area contributed by atoms with Crippen molar-refractivity contribution in [1.29, 1.82) is 0 Å². The Morgan fingerprint density at radius 1 is 1.23 bits per heavy atom. The van der Waals surface area contributed by atoms with Crippen LogP contribution in [0.2, 0.25) is 0 Å². The first kappa shape index (κ1) is 8.10. The summed E-state index contributed by atoms with van der Waals surface area (Å²) in [6.07, 6.45) is -0.635. The highest BCUT2D eigenvalue weighted by Gasteiger charge is 2.34. The van der Waals surface area contributed by atoms with Crippen LogP contribution in [0.4, 0.5) is 4.79 Å². The molecule has 0 spiro atoms. The van der Waals surface area contributed by atoms with Crippen molar-refractivity contribution in [3.63, 3.8) is 0 Å². The molecule has 1 aromatic rings. The molecular weight excluding hydrogens is 168 g/mol. The molecule has 0 N–H and O–H groups in total. The highest BCUT2D eigenvalue weighted by atomic mass is 16.7. The van der Waals surface area contributed by atoms with E-state index in [0.717, 1.165) is 5.56 Å². The Kier molecular flexibility index (Phi) is 1.55. The third kappa shape index (κ3) is 1.26. The molecule has 0 radical (unpaired) electrons. The van der Waals surface area contributed by atoms with Gasteiger partial charge in [0.2, 0.25) is 0 Å². The number of benzene rings is 1. The van der Waals surface area contributed by atoms with Crippen LogP contribution in [-0.2, 0) is 10.3 Å². The first-order chi connectivity index (χ1) is 6.09. The molecule has 0 saturated carbocycles. The van der Waals surface area contributed by atoms with E-state index in [4.69, 9.17) is 9.47 Å². The van der Waals surface area contributed by atoms with E-state index < -0.39 is 11.8 Å². The molecule has 0 aliphatic carbocycles. The van der Waals surface area contributed by atoms with Gasteiger partial charge in [0, 0.05) is 5.56 Å². The lowest BCUT2D eigenvalue weighted by Gasteiger charge is -2.30. The fourth-order valence-electron chi connectivity index (χ4n) is 1.43. The van der Waals surface area contributed by atoms with Gasteiger partial charge in [0.05, 0.1) is 0 Å². The summed E-state index contributed by atoms with van der Waals surface area (Å²) >= 11 is 0. The normalized spacial score (nSPS) is 18.5. The topological polar surface area (TPSA) is 35.5 Å². The summed E-state index contributed by atoms with van der Waals surface area (Å²) < 4.78 is 9.95. The number of rotatable bonds is 0. The van der Waals surface area contributed by atoms with Crippen molar-refractivity contribution in [3.8, 4) is 5.75 Å². The van der Waals surface area contributed by atoms with Crippen LogP contribution in [0, 0.1) is 0 Å². The highest BCUT2D eigenvalue weighted by molar-refractivity contribution is 5.68. The fraction of sp³-hybridized carbons (Fsp3) is 0.300. The summed E-state index contributed by atoms with van der Waals surface area (Å²) in [5.41, 5.74) is 0.306. The largest absolute Gasteiger partial charge is 0.514 e. The number of carbonyl (C=O) groups excluding carboxylic acids is 1. The SMILES string of the molecule is CC1(C)OC(=O)Oc2ccccc21. The highest BCUT2D eigenvalue weighted by Crippen LogP contribution is 2.36. The minimum absolute atomic E-state index is 0.587. The van der Waals surface area contributed by atoms with Crippen molar-refractivity contribution in [2.75, 3.05) is 0 Å². The second-order valence-electron chi connectivity index (χ2n) is 3.46. The van der Waals surface area contributed by atoms with E-state index >= 15 is 0 Å². The monoisotopic (exact) mass is 178 g/mol. The maximum absolute atomic E-state index is 11.0.